The number of benzene rings is 1. The fourth-order valence-corrected chi connectivity index (χ4v) is 2.50. The van der Waals surface area contributed by atoms with Crippen LogP contribution in [-0.2, 0) is 14.3 Å². The van der Waals surface area contributed by atoms with Gasteiger partial charge in [0.15, 0.2) is 0 Å². The molecule has 1 aliphatic rings. The van der Waals surface area contributed by atoms with Crippen LogP contribution < -0.4 is 10.1 Å². The molecule has 1 aromatic rings. The zero-order chi connectivity index (χ0) is 16.2. The molecule has 1 aromatic carbocycles. The summed E-state index contributed by atoms with van der Waals surface area (Å²) in [7, 11) is 3.17. The van der Waals surface area contributed by atoms with Crippen molar-refractivity contribution in [3.8, 4) is 5.75 Å². The van der Waals surface area contributed by atoms with Crippen LogP contribution in [0.3, 0.4) is 0 Å². The molecule has 122 valence electrons. The summed E-state index contributed by atoms with van der Waals surface area (Å²) in [4.78, 5) is 12.4. The Labute approximate surface area is 135 Å². The van der Waals surface area contributed by atoms with Crippen molar-refractivity contribution in [2.75, 3.05) is 32.8 Å². The van der Waals surface area contributed by atoms with Gasteiger partial charge in [-0.1, -0.05) is 11.6 Å². The minimum absolute atomic E-state index is 0.151. The lowest BCUT2D eigenvalue weighted by Crippen LogP contribution is -2.44. The molecule has 5 nitrogen and oxygen atoms in total. The van der Waals surface area contributed by atoms with Crippen molar-refractivity contribution in [1.29, 1.82) is 0 Å². The van der Waals surface area contributed by atoms with Crippen LogP contribution in [0.5, 0.6) is 5.75 Å². The molecule has 0 spiro atoms. The topological polar surface area (TPSA) is 56.8 Å². The highest BCUT2D eigenvalue weighted by Crippen LogP contribution is 2.42. The number of hydrogen-bond donors (Lipinski definition) is 1. The van der Waals surface area contributed by atoms with Crippen molar-refractivity contribution >= 4 is 23.2 Å². The van der Waals surface area contributed by atoms with Gasteiger partial charge >= 0.3 is 0 Å². The smallest absolute Gasteiger partial charge is 0.256 e. The second kappa shape index (κ2) is 7.31. The van der Waals surface area contributed by atoms with Gasteiger partial charge in [-0.3, -0.25) is 4.79 Å². The molecule has 6 heteroatoms. The predicted octanol–water partition coefficient (Wildman–Crippen LogP) is 3.12. The standard InChI is InChI=1S/C16H22ClNO4/c1-16(21-3,11-4-5-11)15(19)18-12-6-7-14(13(17)10-12)22-9-8-20-2/h6-7,10-11H,4-5,8-9H2,1-3H3,(H,18,19). The first-order valence-corrected chi connectivity index (χ1v) is 7.67. The van der Waals surface area contributed by atoms with E-state index in [1.807, 2.05) is 6.92 Å². The molecule has 2 rings (SSSR count). The van der Waals surface area contributed by atoms with E-state index in [4.69, 9.17) is 25.8 Å². The largest absolute Gasteiger partial charge is 0.490 e. The number of amides is 1. The van der Waals surface area contributed by atoms with Gasteiger partial charge in [-0.2, -0.15) is 0 Å². The van der Waals surface area contributed by atoms with Gasteiger partial charge in [0.25, 0.3) is 5.91 Å². The second-order valence-corrected chi connectivity index (χ2v) is 5.93. The van der Waals surface area contributed by atoms with Crippen LogP contribution in [0.15, 0.2) is 18.2 Å². The van der Waals surface area contributed by atoms with Gasteiger partial charge in [0, 0.05) is 19.9 Å². The van der Waals surface area contributed by atoms with Crippen molar-refractivity contribution in [2.45, 2.75) is 25.4 Å². The van der Waals surface area contributed by atoms with Crippen molar-refractivity contribution in [3.63, 3.8) is 0 Å². The molecule has 1 fully saturated rings. The van der Waals surface area contributed by atoms with Crippen molar-refractivity contribution in [3.05, 3.63) is 23.2 Å². The van der Waals surface area contributed by atoms with Gasteiger partial charge in [0.2, 0.25) is 0 Å². The molecule has 1 saturated carbocycles. The minimum Gasteiger partial charge on any atom is -0.490 e. The predicted molar refractivity (Wildman–Crippen MR) is 85.6 cm³/mol. The van der Waals surface area contributed by atoms with E-state index in [0.717, 1.165) is 12.8 Å². The average molecular weight is 328 g/mol. The zero-order valence-corrected chi connectivity index (χ0v) is 13.9. The van der Waals surface area contributed by atoms with Crippen LogP contribution in [0, 0.1) is 5.92 Å². The molecule has 0 bridgehead atoms. The Hall–Kier alpha value is -1.30. The van der Waals surface area contributed by atoms with E-state index < -0.39 is 5.60 Å². The number of anilines is 1. The first-order chi connectivity index (χ1) is 10.5. The van der Waals surface area contributed by atoms with Crippen LogP contribution in [0.1, 0.15) is 19.8 Å². The molecule has 0 aromatic heterocycles. The lowest BCUT2D eigenvalue weighted by molar-refractivity contribution is -0.138. The Kier molecular flexibility index (Phi) is 5.67. The van der Waals surface area contributed by atoms with Gasteiger partial charge in [0.1, 0.15) is 18.0 Å². The molecule has 0 heterocycles. The van der Waals surface area contributed by atoms with E-state index >= 15 is 0 Å². The highest BCUT2D eigenvalue weighted by molar-refractivity contribution is 6.32. The molecule has 22 heavy (non-hydrogen) atoms. The first-order valence-electron chi connectivity index (χ1n) is 7.29. The number of hydrogen-bond acceptors (Lipinski definition) is 4. The number of rotatable bonds is 8. The fourth-order valence-electron chi connectivity index (χ4n) is 2.26. The van der Waals surface area contributed by atoms with E-state index in [1.165, 1.54) is 0 Å². The summed E-state index contributed by atoms with van der Waals surface area (Å²) < 4.78 is 15.8. The molecule has 1 N–H and O–H groups in total. The number of methoxy groups -OCH3 is 2. The molecule has 0 aliphatic heterocycles. The Bertz CT molecular complexity index is 533. The van der Waals surface area contributed by atoms with Crippen LogP contribution in [0.2, 0.25) is 5.02 Å². The summed E-state index contributed by atoms with van der Waals surface area (Å²) in [6, 6.07) is 5.16. The molecular weight excluding hydrogens is 306 g/mol. The summed E-state index contributed by atoms with van der Waals surface area (Å²) in [5.41, 5.74) is -0.168. The quantitative estimate of drug-likeness (QED) is 0.745. The summed E-state index contributed by atoms with van der Waals surface area (Å²) in [6.07, 6.45) is 2.04. The maximum absolute atomic E-state index is 12.4. The Morgan fingerprint density at radius 2 is 2.09 bits per heavy atom. The van der Waals surface area contributed by atoms with Gasteiger partial charge in [0.05, 0.1) is 11.6 Å². The van der Waals surface area contributed by atoms with E-state index in [9.17, 15) is 4.79 Å². The summed E-state index contributed by atoms with van der Waals surface area (Å²) >= 11 is 6.17. The van der Waals surface area contributed by atoms with E-state index in [1.54, 1.807) is 32.4 Å². The summed E-state index contributed by atoms with van der Waals surface area (Å²) in [6.45, 7) is 2.73. The van der Waals surface area contributed by atoms with Gasteiger partial charge in [-0.05, 0) is 43.9 Å². The summed E-state index contributed by atoms with van der Waals surface area (Å²) in [5.74, 6) is 0.694. The Morgan fingerprint density at radius 1 is 1.36 bits per heavy atom. The van der Waals surface area contributed by atoms with Crippen LogP contribution in [0.25, 0.3) is 0 Å². The highest BCUT2D eigenvalue weighted by atomic mass is 35.5. The Balaban J connectivity index is 2.01. The average Bonchev–Trinajstić information content (AvgIpc) is 3.34. The van der Waals surface area contributed by atoms with E-state index in [-0.39, 0.29) is 11.8 Å². The van der Waals surface area contributed by atoms with Crippen molar-refractivity contribution < 1.29 is 19.0 Å². The number of nitrogens with one attached hydrogen (secondary N) is 1. The van der Waals surface area contributed by atoms with Gasteiger partial charge in [-0.25, -0.2) is 0 Å². The Morgan fingerprint density at radius 3 is 2.64 bits per heavy atom. The third-order valence-electron chi connectivity index (χ3n) is 3.97. The maximum Gasteiger partial charge on any atom is 0.256 e. The second-order valence-electron chi connectivity index (χ2n) is 5.53. The molecule has 1 aliphatic carbocycles. The number of carbonyl (C=O) groups is 1. The zero-order valence-electron chi connectivity index (χ0n) is 13.1. The third kappa shape index (κ3) is 3.91. The van der Waals surface area contributed by atoms with Crippen molar-refractivity contribution in [1.82, 2.24) is 0 Å². The maximum atomic E-state index is 12.4. The number of carbonyl (C=O) groups excluding carboxylic acids is 1. The SMILES string of the molecule is COCCOc1ccc(NC(=O)C(C)(OC)C2CC2)cc1Cl. The molecule has 0 saturated heterocycles. The molecule has 1 amide bonds. The first kappa shape index (κ1) is 17.1. The minimum atomic E-state index is -0.792. The van der Waals surface area contributed by atoms with Crippen molar-refractivity contribution in [2.24, 2.45) is 5.92 Å². The number of halogens is 1. The normalized spacial score (nSPS) is 16.9. The third-order valence-corrected chi connectivity index (χ3v) is 4.26. The lowest BCUT2D eigenvalue weighted by Gasteiger charge is -2.26. The lowest BCUT2D eigenvalue weighted by atomic mass is 9.99. The van der Waals surface area contributed by atoms with Crippen LogP contribution in [-0.4, -0.2) is 38.9 Å². The molecule has 1 atom stereocenters. The fraction of sp³-hybridized carbons (Fsp3) is 0.562. The van der Waals surface area contributed by atoms with E-state index in [0.29, 0.717) is 29.7 Å². The van der Waals surface area contributed by atoms with Crippen LogP contribution in [0.4, 0.5) is 5.69 Å². The molecule has 0 radical (unpaired) electrons. The number of ether oxygens (including phenoxy) is 3. The monoisotopic (exact) mass is 327 g/mol. The van der Waals surface area contributed by atoms with Gasteiger partial charge < -0.3 is 19.5 Å². The summed E-state index contributed by atoms with van der Waals surface area (Å²) in [5, 5.41) is 3.31. The molecular formula is C16H22ClNO4. The van der Waals surface area contributed by atoms with Gasteiger partial charge in [-0.15, -0.1) is 0 Å². The van der Waals surface area contributed by atoms with E-state index in [2.05, 4.69) is 5.32 Å². The van der Waals surface area contributed by atoms with Crippen LogP contribution >= 0.6 is 11.6 Å². The molecule has 1 unspecified atom stereocenters. The highest BCUT2D eigenvalue weighted by Gasteiger charge is 2.47.